The van der Waals surface area contributed by atoms with Crippen LogP contribution in [-0.2, 0) is 0 Å². The summed E-state index contributed by atoms with van der Waals surface area (Å²) in [7, 11) is 0. The third-order valence-electron chi connectivity index (χ3n) is 8.46. The van der Waals surface area contributed by atoms with Gasteiger partial charge in [-0.25, -0.2) is 4.98 Å². The first kappa shape index (κ1) is 27.3. The van der Waals surface area contributed by atoms with Crippen LogP contribution >= 0.6 is 0 Å². The second kappa shape index (κ2) is 11.7. The third-order valence-corrected chi connectivity index (χ3v) is 8.46. The summed E-state index contributed by atoms with van der Waals surface area (Å²) in [6.45, 7) is 0. The molecule has 0 atom stereocenters. The molecule has 0 unspecified atom stereocenters. The van der Waals surface area contributed by atoms with E-state index in [0.29, 0.717) is 5.71 Å². The molecule has 0 fully saturated rings. The smallest absolute Gasteiger partial charge is 0.137 e. The van der Waals surface area contributed by atoms with E-state index in [2.05, 4.69) is 107 Å². The van der Waals surface area contributed by atoms with Crippen LogP contribution in [0.2, 0.25) is 0 Å². The molecule has 2 N–H and O–H groups in total. The van der Waals surface area contributed by atoms with Gasteiger partial charge in [0.1, 0.15) is 5.65 Å². The van der Waals surface area contributed by atoms with Crippen LogP contribution in [0.1, 0.15) is 27.8 Å². The van der Waals surface area contributed by atoms with Crippen molar-refractivity contribution in [1.29, 1.82) is 5.41 Å². The molecule has 0 spiro atoms. The molecule has 5 aromatic carbocycles. The maximum absolute atomic E-state index is 9.41. The molecular weight excluding hydrogens is 560 g/mol. The maximum atomic E-state index is 9.41. The topological polar surface area (TPSA) is 53.2 Å². The molecule has 0 amide bonds. The molecule has 0 aliphatic carbocycles. The molecule has 1 aliphatic rings. The summed E-state index contributed by atoms with van der Waals surface area (Å²) >= 11 is 0. The molecule has 8 rings (SSSR count). The number of nitrogens with zero attached hydrogens (tertiary/aromatic N) is 2. The van der Waals surface area contributed by atoms with E-state index >= 15 is 0 Å². The van der Waals surface area contributed by atoms with Crippen LogP contribution in [0.25, 0.3) is 51.2 Å². The summed E-state index contributed by atoms with van der Waals surface area (Å²) in [6.07, 6.45) is 4.27. The van der Waals surface area contributed by atoms with E-state index in [-0.39, 0.29) is 0 Å². The zero-order valence-electron chi connectivity index (χ0n) is 25.1. The van der Waals surface area contributed by atoms with E-state index in [1.165, 1.54) is 0 Å². The number of hydrogen-bond acceptors (Lipinski definition) is 3. The van der Waals surface area contributed by atoms with Crippen LogP contribution in [-0.4, -0.2) is 15.1 Å². The van der Waals surface area contributed by atoms with Crippen LogP contribution in [0.3, 0.4) is 0 Å². The van der Waals surface area contributed by atoms with Gasteiger partial charge in [0.15, 0.2) is 0 Å². The molecule has 0 bridgehead atoms. The largest absolute Gasteiger partial charge is 0.354 e. The second-order valence-electron chi connectivity index (χ2n) is 11.3. The fourth-order valence-corrected chi connectivity index (χ4v) is 6.24. The quantitative estimate of drug-likeness (QED) is 0.190. The number of nitrogens with one attached hydrogen (secondary N) is 2. The number of imidazole rings is 1. The highest BCUT2D eigenvalue weighted by atomic mass is 15.0. The first-order chi connectivity index (χ1) is 22.7. The van der Waals surface area contributed by atoms with Crippen molar-refractivity contribution < 1.29 is 0 Å². The molecule has 0 radical (unpaired) electrons. The van der Waals surface area contributed by atoms with Crippen LogP contribution in [0.15, 0.2) is 164 Å². The van der Waals surface area contributed by atoms with E-state index in [0.717, 1.165) is 72.9 Å². The Morgan fingerprint density at radius 3 is 1.91 bits per heavy atom. The molecule has 0 saturated heterocycles. The maximum Gasteiger partial charge on any atom is 0.137 e. The molecule has 2 aromatic heterocycles. The first-order valence-electron chi connectivity index (χ1n) is 15.4. The van der Waals surface area contributed by atoms with Gasteiger partial charge in [-0.1, -0.05) is 146 Å². The van der Waals surface area contributed by atoms with Crippen molar-refractivity contribution in [3.63, 3.8) is 0 Å². The van der Waals surface area contributed by atoms with Crippen LogP contribution < -0.4 is 5.32 Å². The summed E-state index contributed by atoms with van der Waals surface area (Å²) in [5.41, 5.74) is 13.5. The number of rotatable bonds is 6. The standard InChI is InChI=1S/C42H30N4/c43-39(31-16-6-2-7-17-31)38(30-14-4-1-5-15-30)41-35-21-11-10-20-34(35)28-36(44-41)29-23-25-33(26-24-29)42-40(32-18-8-3-9-19-32)45-37-22-12-13-27-46(37)42/h1-28,43-44H/b41-38-,43-39?. The minimum Gasteiger partial charge on any atom is -0.354 e. The Labute approximate surface area is 268 Å². The number of aromatic nitrogens is 2. The van der Waals surface area contributed by atoms with Crippen molar-refractivity contribution in [3.05, 3.63) is 192 Å². The van der Waals surface area contributed by atoms with Gasteiger partial charge in [-0.3, -0.25) is 9.81 Å². The van der Waals surface area contributed by atoms with E-state index in [1.807, 2.05) is 72.8 Å². The summed E-state index contributed by atoms with van der Waals surface area (Å²) in [5, 5.41) is 13.2. The molecule has 7 aromatic rings. The van der Waals surface area contributed by atoms with E-state index in [9.17, 15) is 5.41 Å². The van der Waals surface area contributed by atoms with Gasteiger partial charge in [0, 0.05) is 39.7 Å². The zero-order chi connectivity index (χ0) is 30.9. The van der Waals surface area contributed by atoms with Gasteiger partial charge in [0.25, 0.3) is 0 Å². The number of benzene rings is 5. The summed E-state index contributed by atoms with van der Waals surface area (Å²) in [4.78, 5) is 5.01. The van der Waals surface area contributed by atoms with E-state index in [4.69, 9.17) is 4.98 Å². The molecule has 4 heteroatoms. The van der Waals surface area contributed by atoms with Gasteiger partial charge in [-0.05, 0) is 34.9 Å². The highest BCUT2D eigenvalue weighted by molar-refractivity contribution is 6.36. The lowest BCUT2D eigenvalue weighted by Crippen LogP contribution is -2.20. The van der Waals surface area contributed by atoms with Crippen molar-refractivity contribution in [2.45, 2.75) is 0 Å². The van der Waals surface area contributed by atoms with Gasteiger partial charge in [-0.15, -0.1) is 0 Å². The second-order valence-corrected chi connectivity index (χ2v) is 11.3. The summed E-state index contributed by atoms with van der Waals surface area (Å²) in [6, 6.07) is 53.7. The lowest BCUT2D eigenvalue weighted by molar-refractivity contribution is 1.19. The van der Waals surface area contributed by atoms with Gasteiger partial charge < -0.3 is 5.32 Å². The van der Waals surface area contributed by atoms with Crippen LogP contribution in [0.5, 0.6) is 0 Å². The number of allylic oxidation sites excluding steroid dienone is 1. The Balaban J connectivity index is 1.25. The average Bonchev–Trinajstić information content (AvgIpc) is 3.53. The minimum absolute atomic E-state index is 0.474. The van der Waals surface area contributed by atoms with Crippen molar-refractivity contribution in [1.82, 2.24) is 14.7 Å². The highest BCUT2D eigenvalue weighted by Crippen LogP contribution is 2.37. The molecule has 4 nitrogen and oxygen atoms in total. The van der Waals surface area contributed by atoms with Crippen molar-refractivity contribution >= 4 is 34.4 Å². The Morgan fingerprint density at radius 1 is 0.565 bits per heavy atom. The predicted molar refractivity (Wildman–Crippen MR) is 190 cm³/mol. The summed E-state index contributed by atoms with van der Waals surface area (Å²) in [5.74, 6) is 0. The Morgan fingerprint density at radius 2 is 1.17 bits per heavy atom. The normalized spacial score (nSPS) is 13.4. The monoisotopic (exact) mass is 590 g/mol. The lowest BCUT2D eigenvalue weighted by Gasteiger charge is -2.26. The molecule has 1 aliphatic heterocycles. The fourth-order valence-electron chi connectivity index (χ4n) is 6.24. The minimum atomic E-state index is 0.474. The Kier molecular flexibility index (Phi) is 6.93. The van der Waals surface area contributed by atoms with Gasteiger partial charge >= 0.3 is 0 Å². The molecular formula is C42H30N4. The van der Waals surface area contributed by atoms with Gasteiger partial charge in [0.2, 0.25) is 0 Å². The van der Waals surface area contributed by atoms with Gasteiger partial charge in [-0.2, -0.15) is 0 Å². The number of fused-ring (bicyclic) bond motifs is 2. The number of pyridine rings is 1. The molecule has 3 heterocycles. The molecule has 46 heavy (non-hydrogen) atoms. The molecule has 0 saturated carbocycles. The fraction of sp³-hybridized carbons (Fsp3) is 0. The zero-order valence-corrected chi connectivity index (χ0v) is 25.1. The van der Waals surface area contributed by atoms with Crippen molar-refractivity contribution in [2.24, 2.45) is 0 Å². The Bertz CT molecular complexity index is 2260. The third kappa shape index (κ3) is 4.92. The number of hydrogen-bond donors (Lipinski definition) is 2. The molecule has 218 valence electrons. The predicted octanol–water partition coefficient (Wildman–Crippen LogP) is 9.71. The van der Waals surface area contributed by atoms with Gasteiger partial charge in [0.05, 0.1) is 22.8 Å². The van der Waals surface area contributed by atoms with Crippen molar-refractivity contribution in [2.75, 3.05) is 0 Å². The highest BCUT2D eigenvalue weighted by Gasteiger charge is 2.24. The SMILES string of the molecule is N=C(/C(=C1\NC(c2ccc(-c3c(-c4ccccc4)nc4ccccn34)cc2)=Cc2ccccc21)c1ccccc1)c1ccccc1. The van der Waals surface area contributed by atoms with Crippen LogP contribution in [0.4, 0.5) is 0 Å². The summed E-state index contributed by atoms with van der Waals surface area (Å²) < 4.78 is 2.16. The first-order valence-corrected chi connectivity index (χ1v) is 15.4. The van der Waals surface area contributed by atoms with Crippen LogP contribution in [0, 0.1) is 5.41 Å². The van der Waals surface area contributed by atoms with E-state index < -0.39 is 0 Å². The van der Waals surface area contributed by atoms with E-state index in [1.54, 1.807) is 0 Å². The lowest BCUT2D eigenvalue weighted by atomic mass is 9.88. The average molecular weight is 591 g/mol. The van der Waals surface area contributed by atoms with Crippen molar-refractivity contribution in [3.8, 4) is 22.5 Å². The Hall–Kier alpha value is -6.26.